The lowest BCUT2D eigenvalue weighted by Gasteiger charge is -2.14. The van der Waals surface area contributed by atoms with Crippen LogP contribution in [0.3, 0.4) is 0 Å². The molecule has 0 aromatic heterocycles. The highest BCUT2D eigenvalue weighted by molar-refractivity contribution is 7.84. The summed E-state index contributed by atoms with van der Waals surface area (Å²) in [4.78, 5) is 11.0. The van der Waals surface area contributed by atoms with E-state index in [0.717, 1.165) is 12.0 Å². The van der Waals surface area contributed by atoms with Crippen LogP contribution in [0.1, 0.15) is 29.3 Å². The molecule has 0 radical (unpaired) electrons. The number of carboxylic acids is 1. The highest BCUT2D eigenvalue weighted by Crippen LogP contribution is 2.09. The summed E-state index contributed by atoms with van der Waals surface area (Å²) in [6.07, 6.45) is 2.50. The average molecular weight is 269 g/mol. The smallest absolute Gasteiger partial charge is 0.336 e. The molecule has 0 spiro atoms. The average Bonchev–Trinajstić information content (AvgIpc) is 2.34. The van der Waals surface area contributed by atoms with E-state index in [4.69, 9.17) is 5.11 Å². The van der Waals surface area contributed by atoms with E-state index in [0.29, 0.717) is 17.9 Å². The van der Waals surface area contributed by atoms with Gasteiger partial charge in [0, 0.05) is 35.4 Å². The lowest BCUT2D eigenvalue weighted by atomic mass is 10.1. The van der Waals surface area contributed by atoms with E-state index in [1.165, 1.54) is 0 Å². The van der Waals surface area contributed by atoms with Gasteiger partial charge in [-0.2, -0.15) is 0 Å². The molecule has 2 atom stereocenters. The summed E-state index contributed by atoms with van der Waals surface area (Å²) < 4.78 is 11.0. The van der Waals surface area contributed by atoms with Crippen LogP contribution in [0, 0.1) is 0 Å². The summed E-state index contributed by atoms with van der Waals surface area (Å²) >= 11 is 0. The van der Waals surface area contributed by atoms with Gasteiger partial charge in [0.15, 0.2) is 0 Å². The Morgan fingerprint density at radius 1 is 1.44 bits per heavy atom. The molecule has 0 aliphatic carbocycles. The van der Waals surface area contributed by atoms with Gasteiger partial charge in [-0.25, -0.2) is 4.79 Å². The number of nitrogens with one attached hydrogen (secondary N) is 1. The van der Waals surface area contributed by atoms with Gasteiger partial charge < -0.3 is 10.4 Å². The van der Waals surface area contributed by atoms with E-state index in [-0.39, 0.29) is 6.04 Å². The van der Waals surface area contributed by atoms with Gasteiger partial charge >= 0.3 is 5.97 Å². The van der Waals surface area contributed by atoms with Gasteiger partial charge in [0.25, 0.3) is 0 Å². The molecule has 0 amide bonds. The van der Waals surface area contributed by atoms with Gasteiger partial charge in [0.1, 0.15) is 0 Å². The topological polar surface area (TPSA) is 66.4 Å². The van der Waals surface area contributed by atoms with E-state index >= 15 is 0 Å². The molecule has 0 aliphatic rings. The van der Waals surface area contributed by atoms with E-state index in [1.807, 2.05) is 13.0 Å². The first-order valence-electron chi connectivity index (χ1n) is 5.85. The fourth-order valence-electron chi connectivity index (χ4n) is 1.61. The zero-order valence-corrected chi connectivity index (χ0v) is 11.5. The highest BCUT2D eigenvalue weighted by Gasteiger charge is 2.09. The molecule has 4 nitrogen and oxygen atoms in total. The number of rotatable bonds is 7. The third-order valence-corrected chi connectivity index (χ3v) is 3.54. The van der Waals surface area contributed by atoms with Crippen molar-refractivity contribution < 1.29 is 14.1 Å². The standard InChI is InChI=1S/C13H19NO3S/c1-10(7-8-18(2)17)14-9-11-5-3-4-6-12(11)13(15)16/h3-6,10,14H,7-9H2,1-2H3,(H,15,16). The number of aromatic carboxylic acids is 1. The molecule has 1 aromatic carbocycles. The molecule has 1 rings (SSSR count). The molecule has 0 fully saturated rings. The minimum absolute atomic E-state index is 0.218. The van der Waals surface area contributed by atoms with Crippen molar-refractivity contribution in [1.29, 1.82) is 0 Å². The zero-order valence-electron chi connectivity index (χ0n) is 10.7. The van der Waals surface area contributed by atoms with Crippen LogP contribution in [0.4, 0.5) is 0 Å². The van der Waals surface area contributed by atoms with Crippen molar-refractivity contribution in [1.82, 2.24) is 5.32 Å². The minimum atomic E-state index is -0.908. The first-order valence-corrected chi connectivity index (χ1v) is 7.58. The molecule has 0 saturated carbocycles. The minimum Gasteiger partial charge on any atom is -0.478 e. The van der Waals surface area contributed by atoms with Crippen LogP contribution in [-0.2, 0) is 17.3 Å². The second kappa shape index (κ2) is 7.28. The summed E-state index contributed by atoms with van der Waals surface area (Å²) in [5.41, 5.74) is 1.10. The molecular weight excluding hydrogens is 250 g/mol. The van der Waals surface area contributed by atoms with Crippen molar-refractivity contribution in [2.75, 3.05) is 12.0 Å². The predicted molar refractivity (Wildman–Crippen MR) is 73.3 cm³/mol. The van der Waals surface area contributed by atoms with E-state index in [9.17, 15) is 9.00 Å². The summed E-state index contributed by atoms with van der Waals surface area (Å²) in [5.74, 6) is -0.246. The van der Waals surface area contributed by atoms with Gasteiger partial charge in [-0.1, -0.05) is 18.2 Å². The molecule has 0 saturated heterocycles. The van der Waals surface area contributed by atoms with E-state index in [1.54, 1.807) is 24.5 Å². The fourth-order valence-corrected chi connectivity index (χ4v) is 2.30. The lowest BCUT2D eigenvalue weighted by molar-refractivity contribution is 0.0695. The van der Waals surface area contributed by atoms with Crippen molar-refractivity contribution in [2.24, 2.45) is 0 Å². The third-order valence-electron chi connectivity index (χ3n) is 2.73. The SMILES string of the molecule is CC(CCS(C)=O)NCc1ccccc1C(=O)O. The first-order chi connectivity index (χ1) is 8.50. The Balaban J connectivity index is 2.53. The molecule has 2 unspecified atom stereocenters. The van der Waals surface area contributed by atoms with Crippen LogP contribution in [-0.4, -0.2) is 33.3 Å². The Morgan fingerprint density at radius 3 is 2.72 bits per heavy atom. The Labute approximate surface area is 110 Å². The predicted octanol–water partition coefficient (Wildman–Crippen LogP) is 1.63. The Hall–Kier alpha value is -1.20. The maximum Gasteiger partial charge on any atom is 0.336 e. The quantitative estimate of drug-likeness (QED) is 0.789. The number of hydrogen-bond acceptors (Lipinski definition) is 3. The van der Waals surface area contributed by atoms with Crippen LogP contribution in [0.25, 0.3) is 0 Å². The molecule has 0 aliphatic heterocycles. The Morgan fingerprint density at radius 2 is 2.11 bits per heavy atom. The van der Waals surface area contributed by atoms with Gasteiger partial charge in [-0.15, -0.1) is 0 Å². The van der Waals surface area contributed by atoms with E-state index in [2.05, 4.69) is 5.32 Å². The van der Waals surface area contributed by atoms with Crippen LogP contribution >= 0.6 is 0 Å². The van der Waals surface area contributed by atoms with Crippen molar-refractivity contribution in [3.05, 3.63) is 35.4 Å². The number of hydrogen-bond donors (Lipinski definition) is 2. The normalized spacial score (nSPS) is 14.1. The fraction of sp³-hybridized carbons (Fsp3) is 0.462. The van der Waals surface area contributed by atoms with Crippen molar-refractivity contribution in [3.63, 3.8) is 0 Å². The molecule has 0 bridgehead atoms. The number of carbonyl (C=O) groups is 1. The van der Waals surface area contributed by atoms with Gasteiger partial charge in [0.2, 0.25) is 0 Å². The highest BCUT2D eigenvalue weighted by atomic mass is 32.2. The summed E-state index contributed by atoms with van der Waals surface area (Å²) in [6.45, 7) is 2.52. The Kier molecular flexibility index (Phi) is 6.01. The molecule has 100 valence electrons. The summed E-state index contributed by atoms with van der Waals surface area (Å²) in [6, 6.07) is 7.17. The van der Waals surface area contributed by atoms with Gasteiger partial charge in [-0.05, 0) is 25.0 Å². The number of carboxylic acid groups (broad SMARTS) is 1. The van der Waals surface area contributed by atoms with Crippen LogP contribution in [0.15, 0.2) is 24.3 Å². The maximum atomic E-state index is 11.0. The lowest BCUT2D eigenvalue weighted by Crippen LogP contribution is -2.27. The Bertz CT molecular complexity index is 434. The molecule has 18 heavy (non-hydrogen) atoms. The van der Waals surface area contributed by atoms with Gasteiger partial charge in [-0.3, -0.25) is 4.21 Å². The zero-order chi connectivity index (χ0) is 13.5. The van der Waals surface area contributed by atoms with Crippen LogP contribution < -0.4 is 5.32 Å². The largest absolute Gasteiger partial charge is 0.478 e. The van der Waals surface area contributed by atoms with Crippen LogP contribution in [0.2, 0.25) is 0 Å². The maximum absolute atomic E-state index is 11.0. The first kappa shape index (κ1) is 14.9. The van der Waals surface area contributed by atoms with E-state index < -0.39 is 16.8 Å². The second-order valence-corrected chi connectivity index (χ2v) is 5.86. The summed E-state index contributed by atoms with van der Waals surface area (Å²) in [5, 5.41) is 12.3. The monoisotopic (exact) mass is 269 g/mol. The summed E-state index contributed by atoms with van der Waals surface area (Å²) in [7, 11) is -0.780. The molecule has 0 heterocycles. The second-order valence-electron chi connectivity index (χ2n) is 4.31. The number of benzene rings is 1. The molecular formula is C13H19NO3S. The van der Waals surface area contributed by atoms with Crippen molar-refractivity contribution in [3.8, 4) is 0 Å². The van der Waals surface area contributed by atoms with Crippen molar-refractivity contribution in [2.45, 2.75) is 25.9 Å². The third kappa shape index (κ3) is 4.98. The molecule has 5 heteroatoms. The molecule has 2 N–H and O–H groups in total. The molecule has 1 aromatic rings. The van der Waals surface area contributed by atoms with Crippen LogP contribution in [0.5, 0.6) is 0 Å². The van der Waals surface area contributed by atoms with Crippen molar-refractivity contribution >= 4 is 16.8 Å². The van der Waals surface area contributed by atoms with Gasteiger partial charge in [0.05, 0.1) is 5.56 Å².